The number of nitrogens with zero attached hydrogens (tertiary/aromatic N) is 1. The lowest BCUT2D eigenvalue weighted by molar-refractivity contribution is -0.172. The van der Waals surface area contributed by atoms with Crippen molar-refractivity contribution in [2.24, 2.45) is 0 Å². The number of hydrogen-bond donors (Lipinski definition) is 0. The minimum absolute atomic E-state index is 0.0100. The lowest BCUT2D eigenvalue weighted by Crippen LogP contribution is -2.47. The van der Waals surface area contributed by atoms with E-state index < -0.39 is 0 Å². The summed E-state index contributed by atoms with van der Waals surface area (Å²) < 4.78 is 5.50. The molecule has 0 atom stereocenters. The van der Waals surface area contributed by atoms with Crippen LogP contribution in [0.15, 0.2) is 0 Å². The van der Waals surface area contributed by atoms with E-state index in [2.05, 4.69) is 11.9 Å². The summed E-state index contributed by atoms with van der Waals surface area (Å²) in [6, 6.07) is 0. The highest BCUT2D eigenvalue weighted by molar-refractivity contribution is 5.70. The number of rotatable bonds is 0. The molecule has 0 aromatic rings. The second-order valence-corrected chi connectivity index (χ2v) is 4.31. The molecule has 2 fully saturated rings. The topological polar surface area (TPSA) is 29.5 Å². The van der Waals surface area contributed by atoms with Gasteiger partial charge < -0.3 is 9.64 Å². The van der Waals surface area contributed by atoms with Crippen LogP contribution in [0.4, 0.5) is 0 Å². The molecule has 74 valence electrons. The van der Waals surface area contributed by atoms with Crippen molar-refractivity contribution in [2.45, 2.75) is 37.7 Å². The quantitative estimate of drug-likeness (QED) is 0.528. The number of carbonyl (C=O) groups excluding carboxylic acids is 1. The lowest BCUT2D eigenvalue weighted by atomic mass is 9.84. The van der Waals surface area contributed by atoms with E-state index in [9.17, 15) is 4.79 Å². The van der Waals surface area contributed by atoms with E-state index in [4.69, 9.17) is 4.74 Å². The second-order valence-electron chi connectivity index (χ2n) is 4.31. The smallest absolute Gasteiger partial charge is 0.306 e. The highest BCUT2D eigenvalue weighted by atomic mass is 16.6. The van der Waals surface area contributed by atoms with Crippen molar-refractivity contribution in [1.82, 2.24) is 4.90 Å². The minimum Gasteiger partial charge on any atom is -0.459 e. The van der Waals surface area contributed by atoms with Gasteiger partial charge in [-0.1, -0.05) is 0 Å². The number of carbonyl (C=O) groups is 1. The molecule has 2 aliphatic rings. The first kappa shape index (κ1) is 9.00. The van der Waals surface area contributed by atoms with Crippen LogP contribution in [0.25, 0.3) is 0 Å². The Bertz CT molecular complexity index is 207. The van der Waals surface area contributed by atoms with Crippen LogP contribution in [0, 0.1) is 0 Å². The average molecular weight is 183 g/mol. The van der Waals surface area contributed by atoms with Gasteiger partial charge in [-0.15, -0.1) is 0 Å². The Labute approximate surface area is 79.0 Å². The molecule has 3 nitrogen and oxygen atoms in total. The van der Waals surface area contributed by atoms with Crippen LogP contribution in [0.5, 0.6) is 0 Å². The Balaban J connectivity index is 1.99. The van der Waals surface area contributed by atoms with E-state index in [1.165, 1.54) is 0 Å². The maximum absolute atomic E-state index is 11.2. The summed E-state index contributed by atoms with van der Waals surface area (Å²) in [5, 5.41) is 0. The highest BCUT2D eigenvalue weighted by Crippen LogP contribution is 2.34. The van der Waals surface area contributed by atoms with Gasteiger partial charge >= 0.3 is 5.97 Å². The third kappa shape index (κ3) is 1.85. The molecular weight excluding hydrogens is 166 g/mol. The van der Waals surface area contributed by atoms with Gasteiger partial charge in [-0.3, -0.25) is 4.79 Å². The van der Waals surface area contributed by atoms with Crippen LogP contribution in [-0.4, -0.2) is 36.6 Å². The molecule has 2 saturated heterocycles. The van der Waals surface area contributed by atoms with Gasteiger partial charge in [0.1, 0.15) is 5.60 Å². The van der Waals surface area contributed by atoms with Crippen molar-refractivity contribution in [2.75, 3.05) is 20.1 Å². The first-order valence-electron chi connectivity index (χ1n) is 5.11. The molecule has 0 aromatic heterocycles. The van der Waals surface area contributed by atoms with Gasteiger partial charge in [0.15, 0.2) is 0 Å². The Morgan fingerprint density at radius 2 is 2.00 bits per heavy atom. The predicted octanol–water partition coefficient (Wildman–Crippen LogP) is 1.18. The molecule has 2 heterocycles. The van der Waals surface area contributed by atoms with E-state index >= 15 is 0 Å². The summed E-state index contributed by atoms with van der Waals surface area (Å²) >= 11 is 0. The summed E-state index contributed by atoms with van der Waals surface area (Å²) in [7, 11) is 2.12. The Morgan fingerprint density at radius 1 is 1.31 bits per heavy atom. The van der Waals surface area contributed by atoms with E-state index in [0.717, 1.165) is 38.8 Å². The Morgan fingerprint density at radius 3 is 2.62 bits per heavy atom. The molecule has 2 rings (SSSR count). The van der Waals surface area contributed by atoms with Gasteiger partial charge in [0, 0.05) is 19.5 Å². The molecule has 3 heteroatoms. The maximum atomic E-state index is 11.2. The van der Waals surface area contributed by atoms with Gasteiger partial charge in [0.25, 0.3) is 0 Å². The second kappa shape index (κ2) is 3.29. The van der Waals surface area contributed by atoms with Gasteiger partial charge in [0.05, 0.1) is 0 Å². The number of hydrogen-bond acceptors (Lipinski definition) is 3. The van der Waals surface area contributed by atoms with Crippen LogP contribution < -0.4 is 0 Å². The van der Waals surface area contributed by atoms with Crippen molar-refractivity contribution in [3.63, 3.8) is 0 Å². The van der Waals surface area contributed by atoms with Crippen LogP contribution in [0.1, 0.15) is 32.1 Å². The van der Waals surface area contributed by atoms with E-state index in [-0.39, 0.29) is 11.6 Å². The number of esters is 1. The van der Waals surface area contributed by atoms with Crippen molar-refractivity contribution < 1.29 is 9.53 Å². The zero-order valence-electron chi connectivity index (χ0n) is 8.21. The first-order valence-corrected chi connectivity index (χ1v) is 5.11. The van der Waals surface area contributed by atoms with Gasteiger partial charge in [-0.25, -0.2) is 0 Å². The molecule has 0 aliphatic carbocycles. The highest BCUT2D eigenvalue weighted by Gasteiger charge is 2.39. The molecule has 0 unspecified atom stereocenters. The molecule has 1 spiro atoms. The minimum atomic E-state index is -0.0815. The van der Waals surface area contributed by atoms with Crippen molar-refractivity contribution in [1.29, 1.82) is 0 Å². The summed E-state index contributed by atoms with van der Waals surface area (Å²) in [5.41, 5.74) is -0.0815. The maximum Gasteiger partial charge on any atom is 0.306 e. The SMILES string of the molecule is CN1CCC2(CCCC(=O)O2)CC1. The Kier molecular flexibility index (Phi) is 2.28. The molecule has 13 heavy (non-hydrogen) atoms. The zero-order valence-corrected chi connectivity index (χ0v) is 8.21. The number of piperidine rings is 1. The molecule has 0 saturated carbocycles. The average Bonchev–Trinajstić information content (AvgIpc) is 2.11. The standard InChI is InChI=1S/C10H17NO2/c1-11-7-5-10(6-8-11)4-2-3-9(12)13-10/h2-8H2,1H3. The normalized spacial score (nSPS) is 28.8. The van der Waals surface area contributed by atoms with E-state index in [1.54, 1.807) is 0 Å². The lowest BCUT2D eigenvalue weighted by Gasteiger charge is -2.42. The summed E-state index contributed by atoms with van der Waals surface area (Å²) in [6.07, 6.45) is 4.76. The summed E-state index contributed by atoms with van der Waals surface area (Å²) in [6.45, 7) is 2.13. The largest absolute Gasteiger partial charge is 0.459 e. The third-order valence-electron chi connectivity index (χ3n) is 3.24. The fourth-order valence-corrected chi connectivity index (χ4v) is 2.28. The van der Waals surface area contributed by atoms with Crippen molar-refractivity contribution >= 4 is 5.97 Å². The fraction of sp³-hybridized carbons (Fsp3) is 0.900. The van der Waals surface area contributed by atoms with Crippen molar-refractivity contribution in [3.8, 4) is 0 Å². The monoisotopic (exact) mass is 183 g/mol. The third-order valence-corrected chi connectivity index (χ3v) is 3.24. The van der Waals surface area contributed by atoms with Crippen molar-refractivity contribution in [3.05, 3.63) is 0 Å². The first-order chi connectivity index (χ1) is 6.20. The summed E-state index contributed by atoms with van der Waals surface area (Å²) in [4.78, 5) is 13.5. The molecule has 0 radical (unpaired) electrons. The zero-order chi connectivity index (χ0) is 9.31. The molecular formula is C10H17NO2. The van der Waals surface area contributed by atoms with Gasteiger partial charge in [-0.05, 0) is 32.7 Å². The summed E-state index contributed by atoms with van der Waals surface area (Å²) in [5.74, 6) is 0.0100. The van der Waals surface area contributed by atoms with Crippen LogP contribution in [0.2, 0.25) is 0 Å². The molecule has 0 N–H and O–H groups in total. The van der Waals surface area contributed by atoms with Crippen LogP contribution in [-0.2, 0) is 9.53 Å². The molecule has 0 aromatic carbocycles. The Hall–Kier alpha value is -0.570. The fourth-order valence-electron chi connectivity index (χ4n) is 2.28. The van der Waals surface area contributed by atoms with Gasteiger partial charge in [-0.2, -0.15) is 0 Å². The number of ether oxygens (including phenoxy) is 1. The van der Waals surface area contributed by atoms with E-state index in [0.29, 0.717) is 6.42 Å². The number of likely N-dealkylation sites (tertiary alicyclic amines) is 1. The molecule has 0 bridgehead atoms. The van der Waals surface area contributed by atoms with E-state index in [1.807, 2.05) is 0 Å². The molecule has 0 amide bonds. The molecule has 2 aliphatic heterocycles. The van der Waals surface area contributed by atoms with Crippen LogP contribution >= 0.6 is 0 Å². The predicted molar refractivity (Wildman–Crippen MR) is 49.4 cm³/mol. The van der Waals surface area contributed by atoms with Crippen LogP contribution in [0.3, 0.4) is 0 Å². The van der Waals surface area contributed by atoms with Gasteiger partial charge in [0.2, 0.25) is 0 Å².